The van der Waals surface area contributed by atoms with Crippen molar-refractivity contribution < 1.29 is 0 Å². The Bertz CT molecular complexity index is 2200. The van der Waals surface area contributed by atoms with Gasteiger partial charge in [-0.3, -0.25) is 0 Å². The van der Waals surface area contributed by atoms with Crippen molar-refractivity contribution in [3.05, 3.63) is 169 Å². The van der Waals surface area contributed by atoms with E-state index < -0.39 is 0 Å². The lowest BCUT2D eigenvalue weighted by atomic mass is 9.92. The molecule has 1 heteroatoms. The third-order valence-corrected chi connectivity index (χ3v) is 8.82. The van der Waals surface area contributed by atoms with Gasteiger partial charge in [0.05, 0.1) is 11.2 Å². The molecule has 0 atom stereocenters. The van der Waals surface area contributed by atoms with Crippen molar-refractivity contribution in [1.29, 1.82) is 0 Å². The highest BCUT2D eigenvalue weighted by atomic mass is 14.7. The molecular formula is C43H31N. The van der Waals surface area contributed by atoms with Crippen molar-refractivity contribution in [3.63, 3.8) is 0 Å². The first-order valence-corrected chi connectivity index (χ1v) is 15.3. The number of benzene rings is 6. The zero-order chi connectivity index (χ0) is 29.5. The van der Waals surface area contributed by atoms with Crippen LogP contribution in [0.25, 0.3) is 72.4 Å². The molecule has 0 N–H and O–H groups in total. The molecule has 7 aromatic rings. The van der Waals surface area contributed by atoms with Gasteiger partial charge in [0, 0.05) is 10.9 Å². The second-order valence-electron chi connectivity index (χ2n) is 11.7. The fourth-order valence-corrected chi connectivity index (χ4v) is 6.58. The number of fused-ring (bicyclic) bond motifs is 4. The minimum Gasteiger partial charge on any atom is -0.248 e. The fourth-order valence-electron chi connectivity index (χ4n) is 6.58. The Morgan fingerprint density at radius 2 is 1.23 bits per heavy atom. The maximum absolute atomic E-state index is 5.16. The van der Waals surface area contributed by atoms with Gasteiger partial charge in [-0.2, -0.15) is 0 Å². The number of rotatable bonds is 4. The van der Waals surface area contributed by atoms with Crippen LogP contribution in [-0.2, 0) is 6.42 Å². The van der Waals surface area contributed by atoms with Crippen LogP contribution in [0.1, 0.15) is 17.5 Å². The topological polar surface area (TPSA) is 12.9 Å². The number of allylic oxidation sites excluding steroid dienone is 2. The Kier molecular flexibility index (Phi) is 6.50. The number of hydrogen-bond donors (Lipinski definition) is 0. The molecule has 0 bridgehead atoms. The average molecular weight is 562 g/mol. The molecule has 0 amide bonds. The normalized spacial score (nSPS) is 12.8. The van der Waals surface area contributed by atoms with E-state index in [4.69, 9.17) is 4.98 Å². The second-order valence-corrected chi connectivity index (χ2v) is 11.7. The van der Waals surface area contributed by atoms with Gasteiger partial charge in [-0.25, -0.2) is 4.98 Å². The molecule has 0 saturated heterocycles. The SMILES string of the molecule is C=C1CC=Cc2c(cccc2-c2ccc(-c3ccc(-c4cc(-c5ccccc5)c5c(ccc6ccccc65)n4)cc3)cc2)C1. The molecule has 1 nitrogen and oxygen atoms in total. The summed E-state index contributed by atoms with van der Waals surface area (Å²) in [5.41, 5.74) is 14.4. The Hall–Kier alpha value is -5.53. The van der Waals surface area contributed by atoms with Gasteiger partial charge in [0.25, 0.3) is 0 Å². The van der Waals surface area contributed by atoms with Crippen molar-refractivity contribution in [2.75, 3.05) is 0 Å². The smallest absolute Gasteiger partial charge is 0.0722 e. The summed E-state index contributed by atoms with van der Waals surface area (Å²) in [6.07, 6.45) is 6.39. The maximum atomic E-state index is 5.16. The molecule has 8 rings (SSSR count). The molecular weight excluding hydrogens is 530 g/mol. The predicted molar refractivity (Wildman–Crippen MR) is 187 cm³/mol. The van der Waals surface area contributed by atoms with E-state index in [0.717, 1.165) is 29.6 Å². The first kappa shape index (κ1) is 26.1. The van der Waals surface area contributed by atoms with E-state index in [9.17, 15) is 0 Å². The third kappa shape index (κ3) is 4.73. The van der Waals surface area contributed by atoms with E-state index in [0.29, 0.717) is 0 Å². The van der Waals surface area contributed by atoms with Gasteiger partial charge in [0.2, 0.25) is 0 Å². The highest BCUT2D eigenvalue weighted by Gasteiger charge is 2.14. The standard InChI is InChI=1S/C43H31N/c1-29-9-7-15-38-36(27-29)13-8-16-37(38)34-21-17-30(18-22-34)31-19-23-35(24-20-31)42-28-40(32-10-3-2-4-11-32)43-39-14-6-5-12-33(39)25-26-41(43)44-42/h2-8,10-26,28H,1,9,27H2. The molecule has 44 heavy (non-hydrogen) atoms. The fraction of sp³-hybridized carbons (Fsp3) is 0.0465. The van der Waals surface area contributed by atoms with Crippen molar-refractivity contribution >= 4 is 27.8 Å². The van der Waals surface area contributed by atoms with Gasteiger partial charge in [-0.1, -0.05) is 152 Å². The summed E-state index contributed by atoms with van der Waals surface area (Å²) in [6.45, 7) is 4.23. The van der Waals surface area contributed by atoms with Crippen molar-refractivity contribution in [2.45, 2.75) is 12.8 Å². The second kappa shape index (κ2) is 10.9. The molecule has 0 aliphatic heterocycles. The average Bonchev–Trinajstić information content (AvgIpc) is 3.28. The van der Waals surface area contributed by atoms with Crippen molar-refractivity contribution in [3.8, 4) is 44.6 Å². The molecule has 1 aliphatic carbocycles. The molecule has 1 aliphatic rings. The first-order chi connectivity index (χ1) is 21.7. The number of hydrogen-bond acceptors (Lipinski definition) is 1. The van der Waals surface area contributed by atoms with Gasteiger partial charge in [0.15, 0.2) is 0 Å². The number of pyridine rings is 1. The van der Waals surface area contributed by atoms with Crippen LogP contribution < -0.4 is 0 Å². The molecule has 6 aromatic carbocycles. The van der Waals surface area contributed by atoms with Crippen LogP contribution in [0.15, 0.2) is 158 Å². The maximum Gasteiger partial charge on any atom is 0.0722 e. The molecule has 1 heterocycles. The third-order valence-electron chi connectivity index (χ3n) is 8.82. The van der Waals surface area contributed by atoms with E-state index in [2.05, 4.69) is 158 Å². The number of aromatic nitrogens is 1. The van der Waals surface area contributed by atoms with Crippen LogP contribution in [0.5, 0.6) is 0 Å². The first-order valence-electron chi connectivity index (χ1n) is 15.3. The predicted octanol–water partition coefficient (Wildman–Crippen LogP) is 11.6. The Labute approximate surface area is 258 Å². The zero-order valence-corrected chi connectivity index (χ0v) is 24.5. The Balaban J connectivity index is 1.15. The minimum atomic E-state index is 0.941. The van der Waals surface area contributed by atoms with Gasteiger partial charge < -0.3 is 0 Å². The monoisotopic (exact) mass is 561 g/mol. The molecule has 208 valence electrons. The van der Waals surface area contributed by atoms with Crippen LogP contribution in [0.4, 0.5) is 0 Å². The molecule has 0 unspecified atom stereocenters. The van der Waals surface area contributed by atoms with E-state index in [1.807, 2.05) is 0 Å². The van der Waals surface area contributed by atoms with Gasteiger partial charge in [-0.15, -0.1) is 0 Å². The zero-order valence-electron chi connectivity index (χ0n) is 24.5. The van der Waals surface area contributed by atoms with E-state index in [1.54, 1.807) is 0 Å². The highest BCUT2D eigenvalue weighted by molar-refractivity contribution is 6.13. The quantitative estimate of drug-likeness (QED) is 0.154. The van der Waals surface area contributed by atoms with Crippen LogP contribution in [0.2, 0.25) is 0 Å². The molecule has 0 saturated carbocycles. The lowest BCUT2D eigenvalue weighted by Gasteiger charge is -2.14. The summed E-state index contributed by atoms with van der Waals surface area (Å²) in [4.78, 5) is 5.16. The van der Waals surface area contributed by atoms with Crippen LogP contribution in [0, 0.1) is 0 Å². The van der Waals surface area contributed by atoms with Crippen LogP contribution in [0.3, 0.4) is 0 Å². The van der Waals surface area contributed by atoms with Gasteiger partial charge in [0.1, 0.15) is 0 Å². The highest BCUT2D eigenvalue weighted by Crippen LogP contribution is 2.37. The minimum absolute atomic E-state index is 0.941. The summed E-state index contributed by atoms with van der Waals surface area (Å²) in [5.74, 6) is 0. The van der Waals surface area contributed by atoms with E-state index >= 15 is 0 Å². The Morgan fingerprint density at radius 1 is 0.545 bits per heavy atom. The lowest BCUT2D eigenvalue weighted by Crippen LogP contribution is -1.93. The van der Waals surface area contributed by atoms with E-state index in [-0.39, 0.29) is 0 Å². The van der Waals surface area contributed by atoms with Gasteiger partial charge >= 0.3 is 0 Å². The number of nitrogens with zero attached hydrogens (tertiary/aromatic N) is 1. The Morgan fingerprint density at radius 3 is 2.02 bits per heavy atom. The molecule has 1 aromatic heterocycles. The summed E-state index contributed by atoms with van der Waals surface area (Å²) in [7, 11) is 0. The van der Waals surface area contributed by atoms with Crippen LogP contribution >= 0.6 is 0 Å². The van der Waals surface area contributed by atoms with Gasteiger partial charge in [-0.05, 0) is 80.3 Å². The lowest BCUT2D eigenvalue weighted by molar-refractivity contribution is 1.09. The summed E-state index contributed by atoms with van der Waals surface area (Å²) in [6, 6.07) is 50.2. The van der Waals surface area contributed by atoms with E-state index in [1.165, 1.54) is 66.2 Å². The molecule has 0 spiro atoms. The molecule has 0 radical (unpaired) electrons. The molecule has 0 fully saturated rings. The summed E-state index contributed by atoms with van der Waals surface area (Å²) in [5, 5.41) is 3.66. The largest absolute Gasteiger partial charge is 0.248 e. The van der Waals surface area contributed by atoms with Crippen molar-refractivity contribution in [1.82, 2.24) is 4.98 Å². The summed E-state index contributed by atoms with van der Waals surface area (Å²) >= 11 is 0. The summed E-state index contributed by atoms with van der Waals surface area (Å²) < 4.78 is 0. The van der Waals surface area contributed by atoms with Crippen LogP contribution in [-0.4, -0.2) is 4.98 Å². The van der Waals surface area contributed by atoms with Crippen molar-refractivity contribution in [2.24, 2.45) is 0 Å².